The molecule has 0 spiro atoms. The summed E-state index contributed by atoms with van der Waals surface area (Å²) in [5, 5.41) is 5.56. The van der Waals surface area contributed by atoms with Crippen LogP contribution in [0.2, 0.25) is 5.02 Å². The van der Waals surface area contributed by atoms with Crippen LogP contribution in [0.5, 0.6) is 5.75 Å². The van der Waals surface area contributed by atoms with E-state index in [1.54, 1.807) is 12.1 Å². The summed E-state index contributed by atoms with van der Waals surface area (Å²) >= 11 is 5.99. The summed E-state index contributed by atoms with van der Waals surface area (Å²) in [6.45, 7) is 2.74. The minimum atomic E-state index is -3.46. The molecule has 19 heavy (non-hydrogen) atoms. The molecule has 1 aromatic carbocycles. The van der Waals surface area contributed by atoms with Crippen LogP contribution in [0, 0.1) is 0 Å². The first-order valence-electron chi connectivity index (χ1n) is 5.92. The summed E-state index contributed by atoms with van der Waals surface area (Å²) in [4.78, 5) is 0. The van der Waals surface area contributed by atoms with E-state index in [2.05, 4.69) is 0 Å². The minimum Gasteiger partial charge on any atom is -0.491 e. The number of halogens is 1. The van der Waals surface area contributed by atoms with E-state index in [0.717, 1.165) is 22.8 Å². The van der Waals surface area contributed by atoms with Crippen LogP contribution >= 0.6 is 11.6 Å². The predicted octanol–water partition coefficient (Wildman–Crippen LogP) is 1.59. The Hall–Kier alpha value is -0.820. The molecule has 0 atom stereocenters. The Labute approximate surface area is 118 Å². The molecule has 0 bridgehead atoms. The van der Waals surface area contributed by atoms with Crippen molar-refractivity contribution < 1.29 is 17.9 Å². The van der Waals surface area contributed by atoms with Crippen LogP contribution in [0.1, 0.15) is 12.5 Å². The van der Waals surface area contributed by atoms with Gasteiger partial charge in [-0.1, -0.05) is 18.5 Å². The molecule has 0 fully saturated rings. The van der Waals surface area contributed by atoms with Crippen LogP contribution in [-0.4, -0.2) is 34.0 Å². The lowest BCUT2D eigenvalue weighted by molar-refractivity contribution is 0.111. The van der Waals surface area contributed by atoms with Crippen LogP contribution in [0.15, 0.2) is 18.2 Å². The summed E-state index contributed by atoms with van der Waals surface area (Å²) < 4.78 is 31.9. The molecule has 0 aliphatic rings. The maximum Gasteiger partial charge on any atom is 0.211 e. The number of hydrogen-bond donors (Lipinski definition) is 1. The summed E-state index contributed by atoms with van der Waals surface area (Å²) in [6, 6.07) is 5.45. The van der Waals surface area contributed by atoms with Gasteiger partial charge in [0.05, 0.1) is 19.0 Å². The SMILES string of the molecule is CCc1cc(OCCOCCS(N)(=O)=O)ccc1Cl. The topological polar surface area (TPSA) is 78.6 Å². The zero-order valence-corrected chi connectivity index (χ0v) is 12.3. The second-order valence-corrected chi connectivity index (χ2v) is 6.08. The van der Waals surface area contributed by atoms with Crippen molar-refractivity contribution in [2.24, 2.45) is 5.14 Å². The van der Waals surface area contributed by atoms with E-state index in [1.807, 2.05) is 13.0 Å². The van der Waals surface area contributed by atoms with Crippen molar-refractivity contribution in [3.05, 3.63) is 28.8 Å². The Morgan fingerprint density at radius 1 is 1.26 bits per heavy atom. The van der Waals surface area contributed by atoms with E-state index in [1.165, 1.54) is 0 Å². The number of ether oxygens (including phenoxy) is 2. The van der Waals surface area contributed by atoms with E-state index < -0.39 is 10.0 Å². The van der Waals surface area contributed by atoms with Crippen molar-refractivity contribution in [2.45, 2.75) is 13.3 Å². The highest BCUT2D eigenvalue weighted by Gasteiger charge is 2.03. The maximum absolute atomic E-state index is 10.6. The van der Waals surface area contributed by atoms with Gasteiger partial charge in [-0.3, -0.25) is 0 Å². The highest BCUT2D eigenvalue weighted by molar-refractivity contribution is 7.89. The number of rotatable bonds is 8. The Kier molecular flexibility index (Phi) is 6.57. The second-order valence-electron chi connectivity index (χ2n) is 3.93. The van der Waals surface area contributed by atoms with Gasteiger partial charge in [-0.2, -0.15) is 0 Å². The van der Waals surface area contributed by atoms with Gasteiger partial charge in [0, 0.05) is 5.02 Å². The normalized spacial score (nSPS) is 11.5. The summed E-state index contributed by atoms with van der Waals surface area (Å²) in [6.07, 6.45) is 0.834. The first kappa shape index (κ1) is 16.2. The van der Waals surface area contributed by atoms with Crippen molar-refractivity contribution in [3.8, 4) is 5.75 Å². The van der Waals surface area contributed by atoms with Gasteiger partial charge >= 0.3 is 0 Å². The number of benzene rings is 1. The van der Waals surface area contributed by atoms with Gasteiger partial charge in [0.15, 0.2) is 0 Å². The highest BCUT2D eigenvalue weighted by atomic mass is 35.5. The van der Waals surface area contributed by atoms with E-state index in [4.69, 9.17) is 26.2 Å². The van der Waals surface area contributed by atoms with Crippen LogP contribution in [0.25, 0.3) is 0 Å². The van der Waals surface area contributed by atoms with E-state index in [9.17, 15) is 8.42 Å². The molecule has 0 aliphatic carbocycles. The largest absolute Gasteiger partial charge is 0.491 e. The highest BCUT2D eigenvalue weighted by Crippen LogP contribution is 2.22. The van der Waals surface area contributed by atoms with E-state index in [0.29, 0.717) is 13.2 Å². The molecule has 1 aromatic rings. The van der Waals surface area contributed by atoms with Crippen LogP contribution in [-0.2, 0) is 21.2 Å². The van der Waals surface area contributed by atoms with Crippen molar-refractivity contribution >= 4 is 21.6 Å². The third kappa shape index (κ3) is 6.77. The lowest BCUT2D eigenvalue weighted by Crippen LogP contribution is -2.21. The molecule has 0 radical (unpaired) electrons. The van der Waals surface area contributed by atoms with Crippen LogP contribution in [0.4, 0.5) is 0 Å². The van der Waals surface area contributed by atoms with Crippen LogP contribution in [0.3, 0.4) is 0 Å². The van der Waals surface area contributed by atoms with Crippen LogP contribution < -0.4 is 9.88 Å². The van der Waals surface area contributed by atoms with Gasteiger partial charge in [-0.15, -0.1) is 0 Å². The molecule has 0 aliphatic heterocycles. The number of nitrogens with two attached hydrogens (primary N) is 1. The average molecular weight is 308 g/mol. The van der Waals surface area contributed by atoms with Crippen molar-refractivity contribution in [2.75, 3.05) is 25.6 Å². The fourth-order valence-electron chi connectivity index (χ4n) is 1.41. The Bertz CT molecular complexity index is 504. The molecule has 0 aromatic heterocycles. The van der Waals surface area contributed by atoms with Crippen molar-refractivity contribution in [1.29, 1.82) is 0 Å². The third-order valence-electron chi connectivity index (χ3n) is 2.41. The van der Waals surface area contributed by atoms with Crippen molar-refractivity contribution in [1.82, 2.24) is 0 Å². The summed E-state index contributed by atoms with van der Waals surface area (Å²) in [7, 11) is -3.46. The standard InChI is InChI=1S/C12H18ClNO4S/c1-2-10-9-11(3-4-12(10)13)18-6-5-17-7-8-19(14,15)16/h3-4,9H,2,5-8H2,1H3,(H2,14,15,16). The molecule has 0 amide bonds. The zero-order chi connectivity index (χ0) is 14.3. The summed E-state index contributed by atoms with van der Waals surface area (Å²) in [5.74, 6) is 0.532. The monoisotopic (exact) mass is 307 g/mol. The first-order valence-corrected chi connectivity index (χ1v) is 8.01. The Morgan fingerprint density at radius 3 is 2.63 bits per heavy atom. The predicted molar refractivity (Wildman–Crippen MR) is 75.1 cm³/mol. The number of aryl methyl sites for hydroxylation is 1. The number of hydrogen-bond acceptors (Lipinski definition) is 4. The number of primary sulfonamides is 1. The second kappa shape index (κ2) is 7.69. The molecular formula is C12H18ClNO4S. The van der Waals surface area contributed by atoms with Gasteiger partial charge < -0.3 is 9.47 Å². The van der Waals surface area contributed by atoms with Gasteiger partial charge in [0.2, 0.25) is 10.0 Å². The smallest absolute Gasteiger partial charge is 0.211 e. The quantitative estimate of drug-likeness (QED) is 0.740. The van der Waals surface area contributed by atoms with E-state index in [-0.39, 0.29) is 12.4 Å². The minimum absolute atomic E-state index is 0.0724. The molecule has 0 heterocycles. The Balaban J connectivity index is 2.26. The maximum atomic E-state index is 10.6. The molecule has 0 saturated carbocycles. The molecule has 5 nitrogen and oxygen atoms in total. The molecule has 7 heteroatoms. The fourth-order valence-corrected chi connectivity index (χ4v) is 2.01. The number of sulfonamides is 1. The third-order valence-corrected chi connectivity index (χ3v) is 3.51. The average Bonchev–Trinajstić information content (AvgIpc) is 2.34. The first-order chi connectivity index (χ1) is 8.92. The fraction of sp³-hybridized carbons (Fsp3) is 0.500. The molecule has 0 unspecified atom stereocenters. The molecule has 1 rings (SSSR count). The molecular weight excluding hydrogens is 290 g/mol. The molecule has 0 saturated heterocycles. The van der Waals surface area contributed by atoms with Gasteiger partial charge in [-0.05, 0) is 30.2 Å². The summed E-state index contributed by atoms with van der Waals surface area (Å²) in [5.41, 5.74) is 1.02. The van der Waals surface area contributed by atoms with Gasteiger partial charge in [0.1, 0.15) is 12.4 Å². The zero-order valence-electron chi connectivity index (χ0n) is 10.8. The lowest BCUT2D eigenvalue weighted by Gasteiger charge is -2.09. The van der Waals surface area contributed by atoms with Gasteiger partial charge in [0.25, 0.3) is 0 Å². The van der Waals surface area contributed by atoms with Gasteiger partial charge in [-0.25, -0.2) is 13.6 Å². The molecule has 2 N–H and O–H groups in total. The van der Waals surface area contributed by atoms with E-state index >= 15 is 0 Å². The Morgan fingerprint density at radius 2 is 2.00 bits per heavy atom. The lowest BCUT2D eigenvalue weighted by atomic mass is 10.1. The molecule has 108 valence electrons. The van der Waals surface area contributed by atoms with Crippen molar-refractivity contribution in [3.63, 3.8) is 0 Å².